The van der Waals surface area contributed by atoms with Crippen LogP contribution < -0.4 is 4.74 Å². The Bertz CT molecular complexity index is 725. The first-order valence-electron chi connectivity index (χ1n) is 8.76. The monoisotopic (exact) mass is 392 g/mol. The molecule has 4 nitrogen and oxygen atoms in total. The van der Waals surface area contributed by atoms with Gasteiger partial charge >= 0.3 is 17.8 Å². The Morgan fingerprint density at radius 1 is 1.24 bits per heavy atom. The average molecular weight is 392 g/mol. The van der Waals surface area contributed by atoms with E-state index in [1.54, 1.807) is 6.08 Å². The average Bonchev–Trinajstić information content (AvgIpc) is 3.07. The molecule has 0 N–H and O–H groups in total. The van der Waals surface area contributed by atoms with E-state index in [0.29, 0.717) is 30.6 Å². The molecule has 25 heavy (non-hydrogen) atoms. The summed E-state index contributed by atoms with van der Waals surface area (Å²) in [4.78, 5) is 1.13. The number of hydrogen-bond acceptors (Lipinski definition) is 5. The Morgan fingerprint density at radius 2 is 1.96 bits per heavy atom. The second-order valence-electron chi connectivity index (χ2n) is 5.48. The molecular formula is C14H17F6N3OS. The second kappa shape index (κ2) is 7.10. The van der Waals surface area contributed by atoms with Crippen LogP contribution in [0.2, 0.25) is 0 Å². The third kappa shape index (κ3) is 3.91. The Morgan fingerprint density at radius 3 is 2.60 bits per heavy atom. The van der Waals surface area contributed by atoms with Crippen LogP contribution in [0.4, 0.5) is 26.3 Å². The Balaban J connectivity index is 2.16. The van der Waals surface area contributed by atoms with Crippen LogP contribution in [0.1, 0.15) is 29.6 Å². The van der Waals surface area contributed by atoms with Gasteiger partial charge in [-0.05, 0) is 19.0 Å². The summed E-state index contributed by atoms with van der Waals surface area (Å²) in [7, 11) is 0. The SMILES string of the molecule is [2H]C([2H])([2H])N1CCC=C(c2nsnc2OCC(F)(F)C(F)(F)C(F)(F)CC)C1. The van der Waals surface area contributed by atoms with E-state index >= 15 is 0 Å². The van der Waals surface area contributed by atoms with Crippen molar-refractivity contribution in [2.45, 2.75) is 37.5 Å². The Hall–Kier alpha value is -1.36. The number of aromatic nitrogens is 2. The highest BCUT2D eigenvalue weighted by molar-refractivity contribution is 6.99. The van der Waals surface area contributed by atoms with Crippen molar-refractivity contribution in [3.8, 4) is 5.88 Å². The number of likely N-dealkylation sites (N-methyl/N-ethyl adjacent to an activating group) is 1. The zero-order valence-corrected chi connectivity index (χ0v) is 13.9. The van der Waals surface area contributed by atoms with Crippen molar-refractivity contribution in [3.63, 3.8) is 0 Å². The molecule has 1 aromatic rings. The van der Waals surface area contributed by atoms with E-state index < -0.39 is 43.7 Å². The van der Waals surface area contributed by atoms with Crippen molar-refractivity contribution in [1.82, 2.24) is 13.6 Å². The molecule has 2 rings (SSSR count). The van der Waals surface area contributed by atoms with Crippen molar-refractivity contribution < 1.29 is 35.2 Å². The van der Waals surface area contributed by atoms with Crippen LogP contribution >= 0.6 is 11.7 Å². The molecule has 142 valence electrons. The molecule has 0 bridgehead atoms. The van der Waals surface area contributed by atoms with Crippen LogP contribution in [-0.2, 0) is 0 Å². The molecule has 0 atom stereocenters. The summed E-state index contributed by atoms with van der Waals surface area (Å²) in [6.45, 7) is -3.66. The number of alkyl halides is 6. The van der Waals surface area contributed by atoms with Crippen molar-refractivity contribution in [2.75, 3.05) is 26.7 Å². The lowest BCUT2D eigenvalue weighted by Gasteiger charge is -2.31. The fourth-order valence-electron chi connectivity index (χ4n) is 2.13. The van der Waals surface area contributed by atoms with Crippen molar-refractivity contribution >= 4 is 17.3 Å². The van der Waals surface area contributed by atoms with Crippen LogP contribution in [-0.4, -0.2) is 58.1 Å². The van der Waals surface area contributed by atoms with E-state index in [9.17, 15) is 26.3 Å². The minimum Gasteiger partial charge on any atom is -0.469 e. The quantitative estimate of drug-likeness (QED) is 0.659. The van der Waals surface area contributed by atoms with Gasteiger partial charge in [0.15, 0.2) is 6.61 Å². The first-order chi connectivity index (χ1) is 12.7. The van der Waals surface area contributed by atoms with E-state index in [1.165, 1.54) is 0 Å². The molecule has 2 heterocycles. The Kier molecular flexibility index (Phi) is 4.51. The lowest BCUT2D eigenvalue weighted by molar-refractivity contribution is -0.315. The first-order valence-corrected chi connectivity index (χ1v) is 7.99. The van der Waals surface area contributed by atoms with Gasteiger partial charge in [-0.3, -0.25) is 0 Å². The normalized spacial score (nSPS) is 19.8. The van der Waals surface area contributed by atoms with Crippen molar-refractivity contribution in [3.05, 3.63) is 11.8 Å². The van der Waals surface area contributed by atoms with Gasteiger partial charge in [0.25, 0.3) is 5.88 Å². The van der Waals surface area contributed by atoms with E-state index in [2.05, 4.69) is 13.5 Å². The third-order valence-corrected chi connectivity index (χ3v) is 4.18. The van der Waals surface area contributed by atoms with Gasteiger partial charge in [-0.2, -0.15) is 30.7 Å². The molecule has 1 aliphatic heterocycles. The van der Waals surface area contributed by atoms with Gasteiger partial charge < -0.3 is 9.64 Å². The number of ether oxygens (including phenoxy) is 1. The number of rotatable bonds is 7. The molecule has 0 saturated heterocycles. The van der Waals surface area contributed by atoms with Crippen molar-refractivity contribution in [1.29, 1.82) is 0 Å². The summed E-state index contributed by atoms with van der Waals surface area (Å²) in [6.07, 6.45) is 0.447. The molecule has 0 fully saturated rings. The molecule has 0 amide bonds. The molecule has 0 spiro atoms. The van der Waals surface area contributed by atoms with Gasteiger partial charge in [0.1, 0.15) is 5.69 Å². The highest BCUT2D eigenvalue weighted by Gasteiger charge is 2.70. The summed E-state index contributed by atoms with van der Waals surface area (Å²) in [5.74, 6) is -16.3. The smallest absolute Gasteiger partial charge is 0.375 e. The topological polar surface area (TPSA) is 38.2 Å². The fourth-order valence-corrected chi connectivity index (χ4v) is 2.66. The zero-order chi connectivity index (χ0) is 21.4. The minimum atomic E-state index is -5.62. The molecular weight excluding hydrogens is 372 g/mol. The van der Waals surface area contributed by atoms with Crippen molar-refractivity contribution in [2.24, 2.45) is 0 Å². The van der Waals surface area contributed by atoms with Crippen LogP contribution in [0, 0.1) is 0 Å². The summed E-state index contributed by atoms with van der Waals surface area (Å²) in [5.41, 5.74) is 0.223. The Labute approximate surface area is 149 Å². The van der Waals surface area contributed by atoms with E-state index in [0.717, 1.165) is 4.90 Å². The molecule has 1 aromatic heterocycles. The highest BCUT2D eigenvalue weighted by atomic mass is 32.1. The third-order valence-electron chi connectivity index (χ3n) is 3.67. The lowest BCUT2D eigenvalue weighted by Crippen LogP contribution is -2.56. The van der Waals surface area contributed by atoms with E-state index in [4.69, 9.17) is 4.11 Å². The molecule has 0 unspecified atom stereocenters. The maximum absolute atomic E-state index is 13.8. The number of nitrogens with zero attached hydrogens (tertiary/aromatic N) is 3. The maximum Gasteiger partial charge on any atom is 0.375 e. The maximum atomic E-state index is 13.8. The molecule has 0 aliphatic carbocycles. The van der Waals surface area contributed by atoms with Gasteiger partial charge in [-0.15, -0.1) is 4.37 Å². The first kappa shape index (κ1) is 15.9. The minimum absolute atomic E-state index is 0.0830. The lowest BCUT2D eigenvalue weighted by atomic mass is 10.0. The number of halogens is 6. The van der Waals surface area contributed by atoms with Gasteiger partial charge in [0.2, 0.25) is 0 Å². The van der Waals surface area contributed by atoms with Gasteiger partial charge in [-0.1, -0.05) is 13.0 Å². The summed E-state index contributed by atoms with van der Waals surface area (Å²) >= 11 is 0.531. The highest BCUT2D eigenvalue weighted by Crippen LogP contribution is 2.47. The second-order valence-corrected chi connectivity index (χ2v) is 6.01. The molecule has 1 aliphatic rings. The van der Waals surface area contributed by atoms with Crippen LogP contribution in [0.15, 0.2) is 6.08 Å². The largest absolute Gasteiger partial charge is 0.469 e. The van der Waals surface area contributed by atoms with Crippen LogP contribution in [0.3, 0.4) is 0 Å². The van der Waals surface area contributed by atoms with E-state index in [1.807, 2.05) is 0 Å². The van der Waals surface area contributed by atoms with Gasteiger partial charge in [0.05, 0.1) is 11.7 Å². The standard InChI is InChI=1S/C14H17F6N3OS/c1-3-12(15,16)14(19,20)13(17,18)8-24-11-10(21-25-22-11)9-5-4-6-23(2)7-9/h5H,3-4,6-8H2,1-2H3/i2D3. The summed E-state index contributed by atoms with van der Waals surface area (Å²) < 4.78 is 115. The number of hydrogen-bond donors (Lipinski definition) is 0. The predicted octanol–water partition coefficient (Wildman–Crippen LogP) is 3.95. The fraction of sp³-hybridized carbons (Fsp3) is 0.714. The molecule has 11 heteroatoms. The zero-order valence-electron chi connectivity index (χ0n) is 16.0. The summed E-state index contributed by atoms with van der Waals surface area (Å²) in [6, 6.07) is 0. The van der Waals surface area contributed by atoms with Crippen LogP contribution in [0.25, 0.3) is 5.57 Å². The molecule has 0 aromatic carbocycles. The van der Waals surface area contributed by atoms with E-state index in [-0.39, 0.29) is 18.8 Å². The molecule has 0 radical (unpaired) electrons. The van der Waals surface area contributed by atoms with Gasteiger partial charge in [0, 0.05) is 23.6 Å². The van der Waals surface area contributed by atoms with Gasteiger partial charge in [-0.25, -0.2) is 0 Å². The van der Waals surface area contributed by atoms with Crippen LogP contribution in [0.5, 0.6) is 5.88 Å². The summed E-state index contributed by atoms with van der Waals surface area (Å²) in [5, 5.41) is 0. The predicted molar refractivity (Wildman–Crippen MR) is 80.6 cm³/mol. The molecule has 0 saturated carbocycles.